The van der Waals surface area contributed by atoms with Gasteiger partial charge in [-0.15, -0.1) is 0 Å². The van der Waals surface area contributed by atoms with Crippen LogP contribution in [0.5, 0.6) is 0 Å². The van der Waals surface area contributed by atoms with Gasteiger partial charge in [0.1, 0.15) is 12.2 Å². The minimum atomic E-state index is 0.0216. The van der Waals surface area contributed by atoms with Crippen LogP contribution >= 0.6 is 0 Å². The Hall–Kier alpha value is -0.940. The first-order chi connectivity index (χ1) is 7.94. The van der Waals surface area contributed by atoms with Gasteiger partial charge in [-0.3, -0.25) is 4.90 Å². The van der Waals surface area contributed by atoms with E-state index in [1.807, 2.05) is 4.68 Å². The first kappa shape index (κ1) is 14.1. The Kier molecular flexibility index (Phi) is 4.65. The van der Waals surface area contributed by atoms with E-state index >= 15 is 0 Å². The van der Waals surface area contributed by atoms with Crippen LogP contribution in [0.2, 0.25) is 0 Å². The summed E-state index contributed by atoms with van der Waals surface area (Å²) in [5, 5.41) is 4.25. The van der Waals surface area contributed by atoms with Gasteiger partial charge in [0.25, 0.3) is 0 Å². The van der Waals surface area contributed by atoms with Gasteiger partial charge in [-0.05, 0) is 34.2 Å². The molecule has 0 amide bonds. The smallest absolute Gasteiger partial charge is 0.141 e. The highest BCUT2D eigenvalue weighted by atomic mass is 15.4. The lowest BCUT2D eigenvalue weighted by Gasteiger charge is -2.37. The zero-order valence-corrected chi connectivity index (χ0v) is 11.6. The summed E-state index contributed by atoms with van der Waals surface area (Å²) >= 11 is 0. The van der Waals surface area contributed by atoms with E-state index in [1.165, 1.54) is 0 Å². The first-order valence-electron chi connectivity index (χ1n) is 6.24. The van der Waals surface area contributed by atoms with Gasteiger partial charge in [0.2, 0.25) is 0 Å². The minimum Gasteiger partial charge on any atom is -0.329 e. The van der Waals surface area contributed by atoms with Crippen molar-refractivity contribution in [2.75, 3.05) is 13.6 Å². The van der Waals surface area contributed by atoms with Crippen molar-refractivity contribution in [3.63, 3.8) is 0 Å². The van der Waals surface area contributed by atoms with Crippen molar-refractivity contribution in [2.24, 2.45) is 5.73 Å². The summed E-state index contributed by atoms with van der Waals surface area (Å²) in [5.74, 6) is 0.996. The monoisotopic (exact) mass is 239 g/mol. The van der Waals surface area contributed by atoms with Crippen molar-refractivity contribution in [3.05, 3.63) is 12.2 Å². The molecule has 0 saturated carbocycles. The normalized spacial score (nSPS) is 15.5. The van der Waals surface area contributed by atoms with Crippen molar-refractivity contribution in [2.45, 2.75) is 52.2 Å². The molecular weight excluding hydrogens is 214 g/mol. The molecule has 98 valence electrons. The summed E-state index contributed by atoms with van der Waals surface area (Å²) in [7, 11) is 2.09. The van der Waals surface area contributed by atoms with Crippen LogP contribution in [0.4, 0.5) is 0 Å². The molecule has 5 heteroatoms. The van der Waals surface area contributed by atoms with E-state index in [2.05, 4.69) is 49.7 Å². The molecule has 0 bridgehead atoms. The van der Waals surface area contributed by atoms with Crippen LogP contribution in [0, 0.1) is 0 Å². The molecule has 1 unspecified atom stereocenters. The van der Waals surface area contributed by atoms with Crippen LogP contribution < -0.4 is 5.73 Å². The number of aromatic nitrogens is 3. The van der Waals surface area contributed by atoms with Crippen molar-refractivity contribution in [3.8, 4) is 0 Å². The molecule has 0 saturated heterocycles. The van der Waals surface area contributed by atoms with Gasteiger partial charge >= 0.3 is 0 Å². The first-order valence-corrected chi connectivity index (χ1v) is 6.24. The second kappa shape index (κ2) is 5.60. The Balaban J connectivity index is 2.80. The number of hydrogen-bond donors (Lipinski definition) is 1. The highest BCUT2D eigenvalue weighted by Crippen LogP contribution is 2.18. The van der Waals surface area contributed by atoms with E-state index in [-0.39, 0.29) is 5.54 Å². The average Bonchev–Trinajstić information content (AvgIpc) is 2.76. The summed E-state index contributed by atoms with van der Waals surface area (Å²) in [6.45, 7) is 10.00. The lowest BCUT2D eigenvalue weighted by Crippen LogP contribution is -2.49. The summed E-state index contributed by atoms with van der Waals surface area (Å²) in [6.07, 6.45) is 2.64. The lowest BCUT2D eigenvalue weighted by molar-refractivity contribution is 0.125. The molecule has 0 radical (unpaired) electrons. The highest BCUT2D eigenvalue weighted by molar-refractivity contribution is 4.91. The summed E-state index contributed by atoms with van der Waals surface area (Å²) in [4.78, 5) is 6.59. The van der Waals surface area contributed by atoms with E-state index in [4.69, 9.17) is 5.73 Å². The predicted octanol–water partition coefficient (Wildman–Crippen LogP) is 1.42. The number of nitrogens with two attached hydrogens (primary N) is 1. The Bertz CT molecular complexity index is 340. The summed E-state index contributed by atoms with van der Waals surface area (Å²) in [6, 6.07) is 0.339. The quantitative estimate of drug-likeness (QED) is 0.815. The van der Waals surface area contributed by atoms with Crippen molar-refractivity contribution >= 4 is 0 Å². The van der Waals surface area contributed by atoms with Crippen molar-refractivity contribution < 1.29 is 0 Å². The van der Waals surface area contributed by atoms with E-state index in [0.29, 0.717) is 12.6 Å². The lowest BCUT2D eigenvalue weighted by atomic mass is 9.97. The van der Waals surface area contributed by atoms with Crippen LogP contribution in [-0.2, 0) is 6.54 Å². The summed E-state index contributed by atoms with van der Waals surface area (Å²) < 4.78 is 1.96. The van der Waals surface area contributed by atoms with Gasteiger partial charge in [-0.1, -0.05) is 6.92 Å². The zero-order chi connectivity index (χ0) is 13.1. The SMILES string of the molecule is CCC(C)(CN)N(C)Cc1ncnn1C(C)C. The van der Waals surface area contributed by atoms with E-state index in [9.17, 15) is 0 Å². The number of nitrogens with zero attached hydrogens (tertiary/aromatic N) is 4. The Morgan fingerprint density at radius 2 is 2.18 bits per heavy atom. The standard InChI is InChI=1S/C12H25N5/c1-6-12(4,8-13)16(5)7-11-14-9-15-17(11)10(2)3/h9-10H,6-8,13H2,1-5H3. The molecule has 2 N–H and O–H groups in total. The second-order valence-electron chi connectivity index (χ2n) is 5.13. The molecule has 0 aliphatic heterocycles. The number of hydrogen-bond acceptors (Lipinski definition) is 4. The maximum atomic E-state index is 5.86. The molecule has 1 aromatic heterocycles. The fraction of sp³-hybridized carbons (Fsp3) is 0.833. The topological polar surface area (TPSA) is 60.0 Å². The molecular formula is C12H25N5. The molecule has 1 aromatic rings. The van der Waals surface area contributed by atoms with Gasteiger partial charge in [0.15, 0.2) is 0 Å². The fourth-order valence-electron chi connectivity index (χ4n) is 1.79. The molecule has 0 aliphatic rings. The Labute approximate surface area is 104 Å². The molecule has 1 rings (SSSR count). The predicted molar refractivity (Wildman–Crippen MR) is 69.6 cm³/mol. The van der Waals surface area contributed by atoms with E-state index < -0.39 is 0 Å². The van der Waals surface area contributed by atoms with Crippen molar-refractivity contribution in [1.82, 2.24) is 19.7 Å². The van der Waals surface area contributed by atoms with E-state index in [1.54, 1.807) is 6.33 Å². The molecule has 0 aliphatic carbocycles. The van der Waals surface area contributed by atoms with Gasteiger partial charge in [-0.25, -0.2) is 9.67 Å². The number of likely N-dealkylation sites (N-methyl/N-ethyl adjacent to an activating group) is 1. The number of rotatable bonds is 6. The van der Waals surface area contributed by atoms with Crippen LogP contribution in [0.25, 0.3) is 0 Å². The maximum Gasteiger partial charge on any atom is 0.141 e. The molecule has 0 fully saturated rings. The van der Waals surface area contributed by atoms with Gasteiger partial charge in [0, 0.05) is 18.1 Å². The van der Waals surface area contributed by atoms with E-state index in [0.717, 1.165) is 18.8 Å². The third-order valence-corrected chi connectivity index (χ3v) is 3.64. The Morgan fingerprint density at radius 3 is 2.65 bits per heavy atom. The largest absolute Gasteiger partial charge is 0.329 e. The molecule has 0 spiro atoms. The van der Waals surface area contributed by atoms with Crippen LogP contribution in [0.3, 0.4) is 0 Å². The molecule has 17 heavy (non-hydrogen) atoms. The van der Waals surface area contributed by atoms with Crippen LogP contribution in [0.15, 0.2) is 6.33 Å². The van der Waals surface area contributed by atoms with Crippen LogP contribution in [-0.4, -0.2) is 38.8 Å². The third kappa shape index (κ3) is 3.04. The minimum absolute atomic E-state index is 0.0216. The van der Waals surface area contributed by atoms with Crippen molar-refractivity contribution in [1.29, 1.82) is 0 Å². The molecule has 0 aromatic carbocycles. The Morgan fingerprint density at radius 1 is 1.53 bits per heavy atom. The molecule has 1 heterocycles. The van der Waals surface area contributed by atoms with Crippen LogP contribution in [0.1, 0.15) is 46.0 Å². The average molecular weight is 239 g/mol. The highest BCUT2D eigenvalue weighted by Gasteiger charge is 2.26. The molecule has 1 atom stereocenters. The molecule has 5 nitrogen and oxygen atoms in total. The van der Waals surface area contributed by atoms with Gasteiger partial charge in [-0.2, -0.15) is 5.10 Å². The summed E-state index contributed by atoms with van der Waals surface area (Å²) in [5.41, 5.74) is 5.88. The third-order valence-electron chi connectivity index (χ3n) is 3.64. The zero-order valence-electron chi connectivity index (χ0n) is 11.6. The van der Waals surface area contributed by atoms with Gasteiger partial charge < -0.3 is 5.73 Å². The van der Waals surface area contributed by atoms with Gasteiger partial charge in [0.05, 0.1) is 6.54 Å². The second-order valence-corrected chi connectivity index (χ2v) is 5.13. The maximum absolute atomic E-state index is 5.86. The fourth-order valence-corrected chi connectivity index (χ4v) is 1.79.